The van der Waals surface area contributed by atoms with Gasteiger partial charge in [-0.1, -0.05) is 50.6 Å². The lowest BCUT2D eigenvalue weighted by Gasteiger charge is -2.27. The molecule has 0 saturated carbocycles. The molecule has 0 saturated heterocycles. The molecule has 5 heteroatoms. The number of nitrogens with zero attached hydrogens (tertiary/aromatic N) is 1. The van der Waals surface area contributed by atoms with E-state index in [1.165, 1.54) is 5.56 Å². The van der Waals surface area contributed by atoms with Crippen LogP contribution >= 0.6 is 0 Å². The number of ether oxygens (including phenoxy) is 2. The highest BCUT2D eigenvalue weighted by Crippen LogP contribution is 2.28. The van der Waals surface area contributed by atoms with Crippen molar-refractivity contribution in [3.8, 4) is 0 Å². The summed E-state index contributed by atoms with van der Waals surface area (Å²) in [6, 6.07) is 8.43. The van der Waals surface area contributed by atoms with Gasteiger partial charge in [-0.3, -0.25) is 9.69 Å². The summed E-state index contributed by atoms with van der Waals surface area (Å²) in [6.07, 6.45) is 3.00. The molecule has 1 aliphatic rings. The SMILES string of the molecule is CC.CCN(CCOC)CC1=C(C=O)CNC=C1c1ccc(C)cc1.COC. The van der Waals surface area contributed by atoms with Crippen LogP contribution < -0.4 is 5.32 Å². The monoisotopic (exact) mass is 390 g/mol. The Labute approximate surface area is 171 Å². The summed E-state index contributed by atoms with van der Waals surface area (Å²) in [6.45, 7) is 12.0. The topological polar surface area (TPSA) is 50.8 Å². The fourth-order valence-corrected chi connectivity index (χ4v) is 2.71. The van der Waals surface area contributed by atoms with Gasteiger partial charge in [0, 0.05) is 58.3 Å². The molecular formula is C23H38N2O3. The number of aldehydes is 1. The van der Waals surface area contributed by atoms with E-state index in [0.29, 0.717) is 13.2 Å². The molecule has 28 heavy (non-hydrogen) atoms. The number of methoxy groups -OCH3 is 2. The average Bonchev–Trinajstić information content (AvgIpc) is 2.73. The molecule has 5 nitrogen and oxygen atoms in total. The van der Waals surface area contributed by atoms with Gasteiger partial charge in [-0.2, -0.15) is 0 Å². The molecule has 0 unspecified atom stereocenters. The van der Waals surface area contributed by atoms with Crippen LogP contribution in [0.4, 0.5) is 0 Å². The second kappa shape index (κ2) is 16.0. The molecule has 1 aromatic carbocycles. The predicted octanol–water partition coefficient (Wildman–Crippen LogP) is 3.69. The highest BCUT2D eigenvalue weighted by atomic mass is 16.5. The molecule has 1 N–H and O–H groups in total. The smallest absolute Gasteiger partial charge is 0.148 e. The number of nitrogens with one attached hydrogen (secondary N) is 1. The Morgan fingerprint density at radius 3 is 2.25 bits per heavy atom. The van der Waals surface area contributed by atoms with Gasteiger partial charge in [-0.25, -0.2) is 0 Å². The summed E-state index contributed by atoms with van der Waals surface area (Å²) >= 11 is 0. The minimum Gasteiger partial charge on any atom is -0.388 e. The Kier molecular flexibility index (Phi) is 14.9. The number of dihydropyridines is 1. The van der Waals surface area contributed by atoms with Gasteiger partial charge in [-0.15, -0.1) is 0 Å². The van der Waals surface area contributed by atoms with Crippen LogP contribution in [0.3, 0.4) is 0 Å². The molecule has 0 radical (unpaired) electrons. The number of carbonyl (C=O) groups excluding carboxylic acids is 1. The van der Waals surface area contributed by atoms with Crippen molar-refractivity contribution < 1.29 is 14.3 Å². The zero-order chi connectivity index (χ0) is 21.4. The first kappa shape index (κ1) is 26.1. The Morgan fingerprint density at radius 1 is 1.14 bits per heavy atom. The van der Waals surface area contributed by atoms with Gasteiger partial charge in [-0.05, 0) is 24.6 Å². The maximum absolute atomic E-state index is 11.5. The maximum Gasteiger partial charge on any atom is 0.148 e. The molecule has 2 rings (SSSR count). The minimum atomic E-state index is 0.593. The zero-order valence-electron chi connectivity index (χ0n) is 18.7. The molecule has 0 spiro atoms. The summed E-state index contributed by atoms with van der Waals surface area (Å²) in [5.74, 6) is 0. The lowest BCUT2D eigenvalue weighted by molar-refractivity contribution is -0.105. The highest BCUT2D eigenvalue weighted by molar-refractivity contribution is 5.89. The van der Waals surface area contributed by atoms with Crippen LogP contribution in [-0.4, -0.2) is 65.3 Å². The fourth-order valence-electron chi connectivity index (χ4n) is 2.71. The Bertz CT molecular complexity index is 607. The summed E-state index contributed by atoms with van der Waals surface area (Å²) in [5, 5.41) is 3.22. The van der Waals surface area contributed by atoms with Crippen LogP contribution in [0.1, 0.15) is 31.9 Å². The van der Waals surface area contributed by atoms with E-state index in [-0.39, 0.29) is 0 Å². The van der Waals surface area contributed by atoms with Crippen molar-refractivity contribution in [2.24, 2.45) is 0 Å². The second-order valence-corrected chi connectivity index (χ2v) is 6.20. The summed E-state index contributed by atoms with van der Waals surface area (Å²) in [7, 11) is 4.96. The lowest BCUT2D eigenvalue weighted by Crippen LogP contribution is -2.32. The van der Waals surface area contributed by atoms with E-state index in [1.54, 1.807) is 21.3 Å². The first-order chi connectivity index (χ1) is 13.6. The van der Waals surface area contributed by atoms with Crippen molar-refractivity contribution in [3.63, 3.8) is 0 Å². The van der Waals surface area contributed by atoms with Crippen molar-refractivity contribution in [1.29, 1.82) is 0 Å². The highest BCUT2D eigenvalue weighted by Gasteiger charge is 2.19. The minimum absolute atomic E-state index is 0.593. The van der Waals surface area contributed by atoms with Crippen LogP contribution in [-0.2, 0) is 14.3 Å². The number of hydrogen-bond acceptors (Lipinski definition) is 5. The van der Waals surface area contributed by atoms with E-state index in [2.05, 4.69) is 53.1 Å². The Hall–Kier alpha value is -1.95. The fraction of sp³-hybridized carbons (Fsp3) is 0.522. The normalized spacial score (nSPS) is 12.9. The van der Waals surface area contributed by atoms with Gasteiger partial charge < -0.3 is 14.8 Å². The largest absolute Gasteiger partial charge is 0.388 e. The van der Waals surface area contributed by atoms with Gasteiger partial charge in [0.1, 0.15) is 6.29 Å². The first-order valence-electron chi connectivity index (χ1n) is 9.90. The van der Waals surface area contributed by atoms with Crippen LogP contribution in [0, 0.1) is 6.92 Å². The van der Waals surface area contributed by atoms with Crippen molar-refractivity contribution in [1.82, 2.24) is 10.2 Å². The quantitative estimate of drug-likeness (QED) is 0.686. The van der Waals surface area contributed by atoms with E-state index in [1.807, 2.05) is 20.0 Å². The van der Waals surface area contributed by atoms with Gasteiger partial charge >= 0.3 is 0 Å². The molecule has 1 aliphatic heterocycles. The van der Waals surface area contributed by atoms with E-state index < -0.39 is 0 Å². The van der Waals surface area contributed by atoms with E-state index >= 15 is 0 Å². The van der Waals surface area contributed by atoms with E-state index in [9.17, 15) is 4.79 Å². The maximum atomic E-state index is 11.5. The zero-order valence-corrected chi connectivity index (χ0v) is 18.7. The third-order valence-electron chi connectivity index (χ3n) is 4.20. The number of carbonyl (C=O) groups is 1. The Balaban J connectivity index is 0.00000133. The molecular weight excluding hydrogens is 352 g/mol. The number of likely N-dealkylation sites (N-methyl/N-ethyl adjacent to an activating group) is 1. The molecule has 158 valence electrons. The van der Waals surface area contributed by atoms with E-state index in [4.69, 9.17) is 4.74 Å². The van der Waals surface area contributed by atoms with Crippen LogP contribution in [0.5, 0.6) is 0 Å². The third-order valence-corrected chi connectivity index (χ3v) is 4.20. The molecule has 0 amide bonds. The number of aryl methyl sites for hydroxylation is 1. The average molecular weight is 391 g/mol. The van der Waals surface area contributed by atoms with Crippen molar-refractivity contribution in [3.05, 3.63) is 52.7 Å². The molecule has 1 heterocycles. The van der Waals surface area contributed by atoms with Gasteiger partial charge in [0.2, 0.25) is 0 Å². The summed E-state index contributed by atoms with van der Waals surface area (Å²) in [5.41, 5.74) is 5.42. The summed E-state index contributed by atoms with van der Waals surface area (Å²) < 4.78 is 9.44. The molecule has 0 fully saturated rings. The van der Waals surface area contributed by atoms with Crippen LogP contribution in [0.15, 0.2) is 41.6 Å². The lowest BCUT2D eigenvalue weighted by atomic mass is 9.92. The first-order valence-corrected chi connectivity index (χ1v) is 9.90. The number of rotatable bonds is 8. The van der Waals surface area contributed by atoms with Gasteiger partial charge in [0.15, 0.2) is 0 Å². The van der Waals surface area contributed by atoms with Crippen LogP contribution in [0.25, 0.3) is 5.57 Å². The molecule has 0 aromatic heterocycles. The van der Waals surface area contributed by atoms with Gasteiger partial charge in [0.05, 0.1) is 6.61 Å². The van der Waals surface area contributed by atoms with Crippen LogP contribution in [0.2, 0.25) is 0 Å². The predicted molar refractivity (Wildman–Crippen MR) is 119 cm³/mol. The van der Waals surface area contributed by atoms with Crippen molar-refractivity contribution in [2.45, 2.75) is 27.7 Å². The number of benzene rings is 1. The van der Waals surface area contributed by atoms with Gasteiger partial charge in [0.25, 0.3) is 0 Å². The van der Waals surface area contributed by atoms with Crippen molar-refractivity contribution >= 4 is 11.9 Å². The standard InChI is InChI=1S/C19H26N2O2.C2H6O.C2H6/c1-4-21(9-10-23-3)13-19-17(14-22)11-20-12-18(19)16-7-5-15(2)6-8-16;1-3-2;1-2/h5-8,12,14,20H,4,9-11,13H2,1-3H3;1-2H3;1-2H3. The second-order valence-electron chi connectivity index (χ2n) is 6.20. The molecule has 0 bridgehead atoms. The van der Waals surface area contributed by atoms with E-state index in [0.717, 1.165) is 48.2 Å². The molecule has 0 aliphatic carbocycles. The summed E-state index contributed by atoms with van der Waals surface area (Å²) in [4.78, 5) is 13.8. The molecule has 0 atom stereocenters. The molecule has 1 aromatic rings. The Morgan fingerprint density at radius 2 is 1.75 bits per heavy atom. The number of hydrogen-bond donors (Lipinski definition) is 1. The third kappa shape index (κ3) is 8.83. The van der Waals surface area contributed by atoms with Crippen molar-refractivity contribution in [2.75, 3.05) is 54.1 Å².